The fraction of sp³-hybridized carbons (Fsp3) is 0.421. The first-order chi connectivity index (χ1) is 12.3. The fourth-order valence-electron chi connectivity index (χ4n) is 2.66. The molecule has 0 aliphatic carbocycles. The van der Waals surface area contributed by atoms with Gasteiger partial charge in [-0.05, 0) is 12.8 Å². The first-order valence-electron chi connectivity index (χ1n) is 9.13. The highest BCUT2D eigenvalue weighted by Crippen LogP contribution is 2.28. The summed E-state index contributed by atoms with van der Waals surface area (Å²) in [5, 5.41) is 15.5. The Kier molecular flexibility index (Phi) is 5.82. The monoisotopic (exact) mass is 338 g/mol. The summed E-state index contributed by atoms with van der Waals surface area (Å²) in [4.78, 5) is 8.21. The van der Waals surface area contributed by atoms with Crippen LogP contribution >= 0.6 is 0 Å². The summed E-state index contributed by atoms with van der Waals surface area (Å²) in [6, 6.07) is 10.1. The number of benzene rings is 1. The van der Waals surface area contributed by atoms with Crippen molar-refractivity contribution in [2.24, 2.45) is 0 Å². The van der Waals surface area contributed by atoms with Crippen LogP contribution in [0.1, 0.15) is 39.5 Å². The normalized spacial score (nSPS) is 11.0. The van der Waals surface area contributed by atoms with E-state index in [4.69, 9.17) is 4.98 Å². The number of rotatable bonds is 9. The molecule has 6 heteroatoms. The summed E-state index contributed by atoms with van der Waals surface area (Å²) in [7, 11) is 0. The Morgan fingerprint density at radius 2 is 1.52 bits per heavy atom. The molecule has 0 aliphatic heterocycles. The Bertz CT molecular complexity index is 749. The second kappa shape index (κ2) is 8.46. The molecule has 25 heavy (non-hydrogen) atoms. The molecule has 3 aromatic rings. The van der Waals surface area contributed by atoms with Crippen LogP contribution in [0.4, 0.5) is 11.6 Å². The van der Waals surface area contributed by atoms with Crippen LogP contribution in [0.2, 0.25) is 0 Å². The number of nitrogens with zero attached hydrogens (tertiary/aromatic N) is 3. The predicted molar refractivity (Wildman–Crippen MR) is 104 cm³/mol. The summed E-state index contributed by atoms with van der Waals surface area (Å²) >= 11 is 0. The van der Waals surface area contributed by atoms with Gasteiger partial charge in [-0.15, -0.1) is 10.2 Å². The second-order valence-electron chi connectivity index (χ2n) is 6.13. The zero-order valence-corrected chi connectivity index (χ0v) is 15.0. The third-order valence-electron chi connectivity index (χ3n) is 4.11. The number of H-pyrrole nitrogens is 1. The Labute approximate surface area is 148 Å². The lowest BCUT2D eigenvalue weighted by molar-refractivity contribution is 0.822. The minimum absolute atomic E-state index is 0.739. The molecular formula is C19H26N6. The number of fused-ring (bicyclic) bond motifs is 1. The van der Waals surface area contributed by atoms with Crippen molar-refractivity contribution in [2.75, 3.05) is 23.7 Å². The number of aromatic amines is 1. The molecule has 3 N–H and O–H groups in total. The number of aromatic nitrogens is 4. The van der Waals surface area contributed by atoms with Crippen LogP contribution in [-0.2, 0) is 0 Å². The first kappa shape index (κ1) is 17.2. The molecule has 0 unspecified atom stereocenters. The molecule has 0 saturated carbocycles. The van der Waals surface area contributed by atoms with Gasteiger partial charge in [-0.1, -0.05) is 57.0 Å². The van der Waals surface area contributed by atoms with Gasteiger partial charge in [-0.3, -0.25) is 0 Å². The number of hydrogen-bond donors (Lipinski definition) is 3. The molecule has 0 saturated heterocycles. The molecule has 132 valence electrons. The van der Waals surface area contributed by atoms with Crippen molar-refractivity contribution >= 4 is 22.7 Å². The van der Waals surface area contributed by atoms with Crippen LogP contribution in [0.3, 0.4) is 0 Å². The Balaban J connectivity index is 1.97. The third-order valence-corrected chi connectivity index (χ3v) is 4.11. The predicted octanol–water partition coefficient (Wildman–Crippen LogP) is 4.44. The van der Waals surface area contributed by atoms with Gasteiger partial charge >= 0.3 is 0 Å². The quantitative estimate of drug-likeness (QED) is 0.503. The molecule has 2 aromatic heterocycles. The number of anilines is 2. The standard InChI is InChI=1S/C19H26N6/c1-3-5-12-20-18-15-16(19(25-24-18)21-13-6-4-2)23-17(22-15)14-10-8-7-9-11-14/h7-11H,3-6,12-13H2,1-2H3,(H,20,24)(H,21,25)(H,22,23). The van der Waals surface area contributed by atoms with Crippen LogP contribution in [0.5, 0.6) is 0 Å². The lowest BCUT2D eigenvalue weighted by Crippen LogP contribution is -2.08. The summed E-state index contributed by atoms with van der Waals surface area (Å²) in [5.74, 6) is 2.34. The molecule has 0 atom stereocenters. The van der Waals surface area contributed by atoms with Gasteiger partial charge in [0.25, 0.3) is 0 Å². The van der Waals surface area contributed by atoms with Gasteiger partial charge in [0.15, 0.2) is 11.6 Å². The summed E-state index contributed by atoms with van der Waals surface area (Å²) in [6.45, 7) is 6.10. The van der Waals surface area contributed by atoms with Gasteiger partial charge in [0.2, 0.25) is 0 Å². The lowest BCUT2D eigenvalue weighted by atomic mass is 10.2. The number of hydrogen-bond acceptors (Lipinski definition) is 5. The highest BCUT2D eigenvalue weighted by molar-refractivity contribution is 5.94. The molecule has 0 radical (unpaired) electrons. The Hall–Kier alpha value is -2.63. The number of unbranched alkanes of at least 4 members (excludes halogenated alkanes) is 2. The van der Waals surface area contributed by atoms with Crippen LogP contribution in [0.15, 0.2) is 30.3 Å². The highest BCUT2D eigenvalue weighted by Gasteiger charge is 2.15. The second-order valence-corrected chi connectivity index (χ2v) is 6.13. The maximum Gasteiger partial charge on any atom is 0.177 e. The minimum atomic E-state index is 0.739. The number of imidazole rings is 1. The summed E-state index contributed by atoms with van der Waals surface area (Å²) < 4.78 is 0. The summed E-state index contributed by atoms with van der Waals surface area (Å²) in [6.07, 6.45) is 4.46. The maximum atomic E-state index is 4.79. The van der Waals surface area contributed by atoms with E-state index in [-0.39, 0.29) is 0 Å². The molecule has 0 fully saturated rings. The zero-order valence-electron chi connectivity index (χ0n) is 15.0. The van der Waals surface area contributed by atoms with Crippen molar-refractivity contribution in [1.82, 2.24) is 20.2 Å². The van der Waals surface area contributed by atoms with Gasteiger partial charge in [-0.25, -0.2) is 4.98 Å². The van der Waals surface area contributed by atoms with E-state index in [1.54, 1.807) is 0 Å². The number of nitrogens with one attached hydrogen (secondary N) is 3. The van der Waals surface area contributed by atoms with Crippen molar-refractivity contribution in [3.63, 3.8) is 0 Å². The first-order valence-corrected chi connectivity index (χ1v) is 9.13. The largest absolute Gasteiger partial charge is 0.367 e. The Morgan fingerprint density at radius 1 is 0.880 bits per heavy atom. The van der Waals surface area contributed by atoms with Gasteiger partial charge in [0, 0.05) is 18.7 Å². The van der Waals surface area contributed by atoms with Gasteiger partial charge in [0.1, 0.15) is 16.9 Å². The van der Waals surface area contributed by atoms with E-state index in [9.17, 15) is 0 Å². The minimum Gasteiger partial charge on any atom is -0.367 e. The molecule has 0 spiro atoms. The van der Waals surface area contributed by atoms with Crippen LogP contribution in [-0.4, -0.2) is 33.3 Å². The van der Waals surface area contributed by atoms with Crippen molar-refractivity contribution < 1.29 is 0 Å². The molecule has 6 nitrogen and oxygen atoms in total. The van der Waals surface area contributed by atoms with Crippen molar-refractivity contribution in [2.45, 2.75) is 39.5 Å². The molecule has 0 bridgehead atoms. The Morgan fingerprint density at radius 3 is 2.20 bits per heavy atom. The third kappa shape index (κ3) is 4.07. The van der Waals surface area contributed by atoms with E-state index >= 15 is 0 Å². The maximum absolute atomic E-state index is 4.79. The molecule has 0 amide bonds. The van der Waals surface area contributed by atoms with E-state index < -0.39 is 0 Å². The molecule has 2 heterocycles. The smallest absolute Gasteiger partial charge is 0.177 e. The molecule has 3 rings (SSSR count). The summed E-state index contributed by atoms with van der Waals surface area (Å²) in [5.41, 5.74) is 2.80. The van der Waals surface area contributed by atoms with E-state index in [1.807, 2.05) is 30.3 Å². The average molecular weight is 338 g/mol. The highest BCUT2D eigenvalue weighted by atomic mass is 15.2. The lowest BCUT2D eigenvalue weighted by Gasteiger charge is -2.08. The topological polar surface area (TPSA) is 78.5 Å². The van der Waals surface area contributed by atoms with Crippen LogP contribution in [0, 0.1) is 0 Å². The molecular weight excluding hydrogens is 312 g/mol. The van der Waals surface area contributed by atoms with E-state index in [0.29, 0.717) is 0 Å². The van der Waals surface area contributed by atoms with E-state index in [2.05, 4.69) is 39.7 Å². The molecule has 1 aromatic carbocycles. The van der Waals surface area contributed by atoms with Crippen LogP contribution < -0.4 is 10.6 Å². The van der Waals surface area contributed by atoms with Gasteiger partial charge in [-0.2, -0.15) is 0 Å². The van der Waals surface area contributed by atoms with Gasteiger partial charge < -0.3 is 15.6 Å². The van der Waals surface area contributed by atoms with E-state index in [1.165, 1.54) is 0 Å². The fourth-order valence-corrected chi connectivity index (χ4v) is 2.66. The van der Waals surface area contributed by atoms with E-state index in [0.717, 1.165) is 72.8 Å². The van der Waals surface area contributed by atoms with Crippen LogP contribution in [0.25, 0.3) is 22.4 Å². The average Bonchev–Trinajstić information content (AvgIpc) is 3.10. The molecule has 0 aliphatic rings. The van der Waals surface area contributed by atoms with Crippen molar-refractivity contribution in [3.05, 3.63) is 30.3 Å². The van der Waals surface area contributed by atoms with Crippen molar-refractivity contribution in [1.29, 1.82) is 0 Å². The SMILES string of the molecule is CCCCNc1nnc(NCCCC)c2[nH]c(-c3ccccc3)nc12. The van der Waals surface area contributed by atoms with Gasteiger partial charge in [0.05, 0.1) is 0 Å². The zero-order chi connectivity index (χ0) is 17.5. The van der Waals surface area contributed by atoms with Crippen molar-refractivity contribution in [3.8, 4) is 11.4 Å².